The van der Waals surface area contributed by atoms with Crippen LogP contribution in [-0.4, -0.2) is 44.1 Å². The van der Waals surface area contributed by atoms with Gasteiger partial charge >= 0.3 is 0 Å². The highest BCUT2D eigenvalue weighted by Crippen LogP contribution is 2.29. The summed E-state index contributed by atoms with van der Waals surface area (Å²) in [7, 11) is 1.50. The van der Waals surface area contributed by atoms with Gasteiger partial charge in [0.05, 0.1) is 23.4 Å². The van der Waals surface area contributed by atoms with Crippen LogP contribution in [0.15, 0.2) is 36.4 Å². The lowest BCUT2D eigenvalue weighted by molar-refractivity contribution is 0.0933. The number of hydrogen-bond acceptors (Lipinski definition) is 4. The van der Waals surface area contributed by atoms with E-state index in [0.29, 0.717) is 34.5 Å². The summed E-state index contributed by atoms with van der Waals surface area (Å²) in [6.07, 6.45) is 3.76. The molecule has 0 aliphatic carbocycles. The first-order chi connectivity index (χ1) is 14.5. The molecule has 1 heterocycles. The highest BCUT2D eigenvalue weighted by Gasteiger charge is 2.21. The van der Waals surface area contributed by atoms with Gasteiger partial charge in [0, 0.05) is 12.6 Å². The van der Waals surface area contributed by atoms with Gasteiger partial charge in [-0.3, -0.25) is 4.79 Å². The van der Waals surface area contributed by atoms with E-state index in [1.54, 1.807) is 18.2 Å². The molecule has 0 spiro atoms. The molecule has 1 aliphatic rings. The number of methoxy groups -OCH3 is 1. The summed E-state index contributed by atoms with van der Waals surface area (Å²) in [4.78, 5) is 15.0. The fraction of sp³-hybridized carbons (Fsp3) is 0.435. The van der Waals surface area contributed by atoms with E-state index in [1.165, 1.54) is 13.2 Å². The smallest absolute Gasteiger partial charge is 0.255 e. The monoisotopic (exact) mass is 433 g/mol. The van der Waals surface area contributed by atoms with E-state index in [1.807, 2.05) is 12.1 Å². The predicted molar refractivity (Wildman–Crippen MR) is 119 cm³/mol. The molecule has 3 N–H and O–H groups in total. The largest absolute Gasteiger partial charge is 0.496 e. The number of nitrogens with two attached hydrogens (primary N) is 1. The molecular formula is C23H29ClFN3O2. The second-order valence-corrected chi connectivity index (χ2v) is 8.17. The van der Waals surface area contributed by atoms with Crippen LogP contribution < -0.4 is 15.8 Å². The molecule has 2 aromatic rings. The van der Waals surface area contributed by atoms with Gasteiger partial charge in [-0.25, -0.2) is 4.39 Å². The Morgan fingerprint density at radius 2 is 2.03 bits per heavy atom. The molecule has 1 fully saturated rings. The van der Waals surface area contributed by atoms with E-state index in [2.05, 4.69) is 10.2 Å². The molecule has 2 aromatic carbocycles. The zero-order chi connectivity index (χ0) is 21.5. The third kappa shape index (κ3) is 5.86. The van der Waals surface area contributed by atoms with E-state index in [9.17, 15) is 9.18 Å². The van der Waals surface area contributed by atoms with Crippen LogP contribution in [0.1, 0.15) is 35.2 Å². The maximum atomic E-state index is 13.7. The summed E-state index contributed by atoms with van der Waals surface area (Å²) in [6.45, 7) is 3.58. The summed E-state index contributed by atoms with van der Waals surface area (Å²) in [5.41, 5.74) is 7.36. The number of anilines is 1. The molecule has 0 atom stereocenters. The van der Waals surface area contributed by atoms with Crippen LogP contribution in [0.4, 0.5) is 10.1 Å². The Hall–Kier alpha value is -2.31. The van der Waals surface area contributed by atoms with E-state index >= 15 is 0 Å². The number of carbonyl (C=O) groups is 1. The van der Waals surface area contributed by atoms with Gasteiger partial charge in [0.2, 0.25) is 0 Å². The van der Waals surface area contributed by atoms with Crippen molar-refractivity contribution in [2.24, 2.45) is 5.92 Å². The van der Waals surface area contributed by atoms with Crippen LogP contribution in [0, 0.1) is 11.7 Å². The molecule has 30 heavy (non-hydrogen) atoms. The minimum absolute atomic E-state index is 0.119. The summed E-state index contributed by atoms with van der Waals surface area (Å²) < 4.78 is 19.0. The lowest BCUT2D eigenvalue weighted by Gasteiger charge is -2.32. The van der Waals surface area contributed by atoms with Crippen molar-refractivity contribution in [3.8, 4) is 5.75 Å². The number of likely N-dealkylation sites (tertiary alicyclic amines) is 1. The number of ether oxygens (including phenoxy) is 1. The van der Waals surface area contributed by atoms with Gasteiger partial charge in [0.15, 0.2) is 0 Å². The summed E-state index contributed by atoms with van der Waals surface area (Å²) >= 11 is 6.00. The van der Waals surface area contributed by atoms with Gasteiger partial charge in [0.1, 0.15) is 11.6 Å². The van der Waals surface area contributed by atoms with Crippen LogP contribution in [0.3, 0.4) is 0 Å². The Morgan fingerprint density at radius 3 is 2.73 bits per heavy atom. The van der Waals surface area contributed by atoms with Crippen molar-refractivity contribution < 1.29 is 13.9 Å². The highest BCUT2D eigenvalue weighted by molar-refractivity contribution is 6.33. The first-order valence-corrected chi connectivity index (χ1v) is 10.7. The number of piperidine rings is 1. The highest BCUT2D eigenvalue weighted by atomic mass is 35.5. The number of benzene rings is 2. The van der Waals surface area contributed by atoms with Gasteiger partial charge in [-0.05, 0) is 68.9 Å². The first kappa shape index (κ1) is 22.4. The molecule has 0 bridgehead atoms. The molecule has 5 nitrogen and oxygen atoms in total. The van der Waals surface area contributed by atoms with Crippen LogP contribution in [0.5, 0.6) is 5.75 Å². The molecule has 3 rings (SSSR count). The number of aryl methyl sites for hydroxylation is 1. The van der Waals surface area contributed by atoms with Gasteiger partial charge in [-0.1, -0.05) is 29.8 Å². The molecule has 0 saturated carbocycles. The maximum absolute atomic E-state index is 13.7. The third-order valence-electron chi connectivity index (χ3n) is 5.70. The summed E-state index contributed by atoms with van der Waals surface area (Å²) in [5, 5.41) is 3.36. The molecule has 7 heteroatoms. The number of amides is 1. The molecule has 0 radical (unpaired) electrons. The molecule has 0 aromatic heterocycles. The quantitative estimate of drug-likeness (QED) is 0.614. The summed E-state index contributed by atoms with van der Waals surface area (Å²) in [5.74, 6) is 0.525. The maximum Gasteiger partial charge on any atom is 0.255 e. The summed E-state index contributed by atoms with van der Waals surface area (Å²) in [6, 6.07) is 10.1. The second kappa shape index (κ2) is 10.6. The van der Waals surface area contributed by atoms with Crippen LogP contribution in [-0.2, 0) is 6.42 Å². The number of halogens is 2. The number of nitrogen functional groups attached to an aromatic ring is 1. The van der Waals surface area contributed by atoms with Crippen molar-refractivity contribution in [3.05, 3.63) is 58.4 Å². The molecule has 162 valence electrons. The van der Waals surface area contributed by atoms with E-state index in [4.69, 9.17) is 22.1 Å². The van der Waals surface area contributed by atoms with Gasteiger partial charge in [-0.15, -0.1) is 0 Å². The Kier molecular flexibility index (Phi) is 7.94. The predicted octanol–water partition coefficient (Wildman–Crippen LogP) is 4.14. The fourth-order valence-electron chi connectivity index (χ4n) is 3.86. The topological polar surface area (TPSA) is 67.6 Å². The number of nitrogens with zero attached hydrogens (tertiary/aromatic N) is 1. The Bertz CT molecular complexity index is 870. The van der Waals surface area contributed by atoms with Crippen molar-refractivity contribution in [2.75, 3.05) is 39.0 Å². The minimum Gasteiger partial charge on any atom is -0.496 e. The average molecular weight is 434 g/mol. The number of nitrogens with one attached hydrogen (secondary N) is 1. The van der Waals surface area contributed by atoms with Crippen molar-refractivity contribution in [1.29, 1.82) is 0 Å². The van der Waals surface area contributed by atoms with Crippen molar-refractivity contribution in [2.45, 2.75) is 25.7 Å². The first-order valence-electron chi connectivity index (χ1n) is 10.3. The third-order valence-corrected chi connectivity index (χ3v) is 6.03. The Labute approximate surface area is 182 Å². The lowest BCUT2D eigenvalue weighted by atomic mass is 9.96. The Morgan fingerprint density at radius 1 is 1.30 bits per heavy atom. The number of hydrogen-bond donors (Lipinski definition) is 2. The van der Waals surface area contributed by atoms with Crippen molar-refractivity contribution >= 4 is 23.2 Å². The molecular weight excluding hydrogens is 405 g/mol. The van der Waals surface area contributed by atoms with E-state index in [-0.39, 0.29) is 11.7 Å². The lowest BCUT2D eigenvalue weighted by Crippen LogP contribution is -2.39. The second-order valence-electron chi connectivity index (χ2n) is 7.76. The van der Waals surface area contributed by atoms with E-state index in [0.717, 1.165) is 50.9 Å². The number of carbonyl (C=O) groups excluding carboxylic acids is 1. The van der Waals surface area contributed by atoms with Gasteiger partial charge in [-0.2, -0.15) is 0 Å². The van der Waals surface area contributed by atoms with Gasteiger partial charge < -0.3 is 20.7 Å². The Balaban J connectivity index is 1.40. The van der Waals surface area contributed by atoms with Crippen LogP contribution >= 0.6 is 11.6 Å². The zero-order valence-electron chi connectivity index (χ0n) is 17.3. The number of rotatable bonds is 8. The fourth-order valence-corrected chi connectivity index (χ4v) is 4.01. The molecule has 0 unspecified atom stereocenters. The van der Waals surface area contributed by atoms with Gasteiger partial charge in [0.25, 0.3) is 5.91 Å². The van der Waals surface area contributed by atoms with Crippen LogP contribution in [0.2, 0.25) is 5.02 Å². The van der Waals surface area contributed by atoms with Crippen molar-refractivity contribution in [1.82, 2.24) is 10.2 Å². The van der Waals surface area contributed by atoms with Crippen molar-refractivity contribution in [3.63, 3.8) is 0 Å². The zero-order valence-corrected chi connectivity index (χ0v) is 18.1. The van der Waals surface area contributed by atoms with Crippen LogP contribution in [0.25, 0.3) is 0 Å². The molecule has 1 saturated heterocycles. The molecule has 1 amide bonds. The minimum atomic E-state index is -0.206. The average Bonchev–Trinajstić information content (AvgIpc) is 2.76. The van der Waals surface area contributed by atoms with E-state index < -0.39 is 0 Å². The molecule has 1 aliphatic heterocycles. The SMILES string of the molecule is COc1cc(Cl)c(N)cc1C(=O)NCC1CCN(CCCc2ccccc2F)CC1. The standard InChI is InChI=1S/C23H29ClFN3O2/c1-30-22-14-19(24)21(26)13-18(22)23(29)27-15-16-8-11-28(12-9-16)10-4-6-17-5-2-3-7-20(17)25/h2-3,5,7,13-14,16H,4,6,8-12,15,26H2,1H3,(H,27,29). The normalized spacial score (nSPS) is 15.2.